The van der Waals surface area contributed by atoms with Gasteiger partial charge >= 0.3 is 6.09 Å². The third-order valence-electron chi connectivity index (χ3n) is 3.12. The second kappa shape index (κ2) is 6.25. The number of hydrogen-bond donors (Lipinski definition) is 2. The number of carbonyl (C=O) groups is 1. The summed E-state index contributed by atoms with van der Waals surface area (Å²) in [5, 5.41) is 11.0. The Balaban J connectivity index is 3.63. The maximum atomic E-state index is 10.2. The standard InChI is InChI=1S/C11H25NO3Si/c1-11(2,3)16(4,5)15-9-7-6-8-12-10(13)14/h12H,6-9H2,1-5H3,(H,13,14). The highest BCUT2D eigenvalue weighted by Crippen LogP contribution is 2.36. The normalized spacial score (nSPS) is 12.6. The van der Waals surface area contributed by atoms with Crippen LogP contribution in [0.2, 0.25) is 18.1 Å². The Labute approximate surface area is 99.5 Å². The quantitative estimate of drug-likeness (QED) is 0.560. The van der Waals surface area contributed by atoms with E-state index < -0.39 is 14.4 Å². The van der Waals surface area contributed by atoms with Gasteiger partial charge in [-0.3, -0.25) is 0 Å². The van der Waals surface area contributed by atoms with Crippen molar-refractivity contribution >= 4 is 14.4 Å². The third-order valence-corrected chi connectivity index (χ3v) is 7.65. The number of hydrogen-bond acceptors (Lipinski definition) is 2. The molecule has 0 aromatic heterocycles. The number of nitrogens with one attached hydrogen (secondary N) is 1. The van der Waals surface area contributed by atoms with Crippen LogP contribution in [0.1, 0.15) is 33.6 Å². The van der Waals surface area contributed by atoms with Gasteiger partial charge < -0.3 is 14.8 Å². The first-order valence-electron chi connectivity index (χ1n) is 5.77. The molecule has 2 N–H and O–H groups in total. The molecule has 5 heteroatoms. The molecule has 96 valence electrons. The van der Waals surface area contributed by atoms with Crippen LogP contribution in [0.4, 0.5) is 4.79 Å². The van der Waals surface area contributed by atoms with Crippen molar-refractivity contribution < 1.29 is 14.3 Å². The molecule has 0 saturated heterocycles. The molecule has 0 unspecified atom stereocenters. The van der Waals surface area contributed by atoms with Crippen molar-refractivity contribution in [2.24, 2.45) is 0 Å². The van der Waals surface area contributed by atoms with E-state index in [1.165, 1.54) is 0 Å². The van der Waals surface area contributed by atoms with Gasteiger partial charge in [0.1, 0.15) is 0 Å². The van der Waals surface area contributed by atoms with E-state index in [1.54, 1.807) is 0 Å². The maximum absolute atomic E-state index is 10.2. The molecule has 16 heavy (non-hydrogen) atoms. The highest BCUT2D eigenvalue weighted by atomic mass is 28.4. The molecular weight excluding hydrogens is 222 g/mol. The van der Waals surface area contributed by atoms with E-state index in [2.05, 4.69) is 39.2 Å². The smallest absolute Gasteiger partial charge is 0.404 e. The zero-order chi connectivity index (χ0) is 12.8. The molecule has 0 aliphatic heterocycles. The first kappa shape index (κ1) is 15.4. The molecule has 0 atom stereocenters. The lowest BCUT2D eigenvalue weighted by atomic mass is 10.2. The lowest BCUT2D eigenvalue weighted by Gasteiger charge is -2.36. The maximum Gasteiger partial charge on any atom is 0.404 e. The van der Waals surface area contributed by atoms with Crippen LogP contribution in [0.25, 0.3) is 0 Å². The van der Waals surface area contributed by atoms with Gasteiger partial charge in [-0.2, -0.15) is 0 Å². The van der Waals surface area contributed by atoms with Crippen molar-refractivity contribution in [1.29, 1.82) is 0 Å². The predicted molar refractivity (Wildman–Crippen MR) is 68.4 cm³/mol. The molecule has 0 aliphatic rings. The zero-order valence-corrected chi connectivity index (χ0v) is 12.1. The van der Waals surface area contributed by atoms with Crippen LogP contribution in [-0.2, 0) is 4.43 Å². The van der Waals surface area contributed by atoms with Crippen molar-refractivity contribution in [2.75, 3.05) is 13.2 Å². The molecule has 0 aliphatic carbocycles. The SMILES string of the molecule is CC(C)(C)[Si](C)(C)OCCCCNC(=O)O. The van der Waals surface area contributed by atoms with Gasteiger partial charge in [0.15, 0.2) is 8.32 Å². The van der Waals surface area contributed by atoms with Crippen LogP contribution in [0, 0.1) is 0 Å². The molecule has 0 saturated carbocycles. The highest BCUT2D eigenvalue weighted by molar-refractivity contribution is 6.74. The number of amides is 1. The molecule has 1 amide bonds. The van der Waals surface area contributed by atoms with Crippen molar-refractivity contribution in [3.63, 3.8) is 0 Å². The Hall–Kier alpha value is -0.553. The summed E-state index contributed by atoms with van der Waals surface area (Å²) in [5.74, 6) is 0. The molecule has 4 nitrogen and oxygen atoms in total. The molecule has 0 rings (SSSR count). The topological polar surface area (TPSA) is 58.6 Å². The van der Waals surface area contributed by atoms with Crippen LogP contribution < -0.4 is 5.32 Å². The minimum atomic E-state index is -1.62. The number of unbranched alkanes of at least 4 members (excludes halogenated alkanes) is 1. The first-order valence-corrected chi connectivity index (χ1v) is 8.68. The monoisotopic (exact) mass is 247 g/mol. The summed E-state index contributed by atoms with van der Waals surface area (Å²) in [6.07, 6.45) is 0.790. The minimum absolute atomic E-state index is 0.242. The van der Waals surface area contributed by atoms with E-state index in [0.29, 0.717) is 6.54 Å². The summed E-state index contributed by atoms with van der Waals surface area (Å²) in [5.41, 5.74) is 0. The number of rotatable bonds is 6. The van der Waals surface area contributed by atoms with Crippen LogP contribution in [0.15, 0.2) is 0 Å². The first-order chi connectivity index (χ1) is 7.17. The van der Waals surface area contributed by atoms with Crippen LogP contribution in [-0.4, -0.2) is 32.7 Å². The molecule has 0 aromatic rings. The van der Waals surface area contributed by atoms with Crippen LogP contribution in [0.5, 0.6) is 0 Å². The van der Waals surface area contributed by atoms with Crippen LogP contribution in [0.3, 0.4) is 0 Å². The fraction of sp³-hybridized carbons (Fsp3) is 0.909. The predicted octanol–water partition coefficient (Wildman–Crippen LogP) is 3.06. The summed E-state index contributed by atoms with van der Waals surface area (Å²) in [7, 11) is -1.62. The Morgan fingerprint density at radius 3 is 2.31 bits per heavy atom. The van der Waals surface area contributed by atoms with Crippen molar-refractivity contribution in [2.45, 2.75) is 51.7 Å². The average Bonchev–Trinajstić information content (AvgIpc) is 2.08. The lowest BCUT2D eigenvalue weighted by Crippen LogP contribution is -2.41. The molecule has 0 heterocycles. The molecule has 0 radical (unpaired) electrons. The minimum Gasteiger partial charge on any atom is -0.465 e. The van der Waals surface area contributed by atoms with E-state index in [-0.39, 0.29) is 5.04 Å². The van der Waals surface area contributed by atoms with Gasteiger partial charge in [0.2, 0.25) is 0 Å². The van der Waals surface area contributed by atoms with Crippen molar-refractivity contribution in [3.05, 3.63) is 0 Å². The summed E-state index contributed by atoms with van der Waals surface area (Å²) >= 11 is 0. The van der Waals surface area contributed by atoms with Crippen molar-refractivity contribution in [1.82, 2.24) is 5.32 Å². The zero-order valence-electron chi connectivity index (χ0n) is 11.1. The molecule has 0 fully saturated rings. The summed E-state index contributed by atoms with van der Waals surface area (Å²) in [4.78, 5) is 10.2. The van der Waals surface area contributed by atoms with E-state index in [9.17, 15) is 4.79 Å². The van der Waals surface area contributed by atoms with Gasteiger partial charge in [-0.15, -0.1) is 0 Å². The average molecular weight is 247 g/mol. The summed E-state index contributed by atoms with van der Waals surface area (Å²) < 4.78 is 5.96. The Morgan fingerprint density at radius 1 is 1.31 bits per heavy atom. The van der Waals surface area contributed by atoms with E-state index >= 15 is 0 Å². The number of carboxylic acid groups (broad SMARTS) is 1. The highest BCUT2D eigenvalue weighted by Gasteiger charge is 2.36. The second-order valence-electron chi connectivity index (χ2n) is 5.55. The van der Waals surface area contributed by atoms with E-state index in [1.807, 2.05) is 0 Å². The summed E-state index contributed by atoms with van der Waals surface area (Å²) in [6, 6.07) is 0. The van der Waals surface area contributed by atoms with Gasteiger partial charge in [0, 0.05) is 13.2 Å². The Morgan fingerprint density at radius 2 is 1.88 bits per heavy atom. The molecular formula is C11H25NO3Si. The van der Waals surface area contributed by atoms with Gasteiger partial charge in [-0.25, -0.2) is 4.79 Å². The third kappa shape index (κ3) is 6.12. The Bertz CT molecular complexity index is 224. The lowest BCUT2D eigenvalue weighted by molar-refractivity contribution is 0.193. The van der Waals surface area contributed by atoms with Gasteiger partial charge in [0.05, 0.1) is 0 Å². The van der Waals surface area contributed by atoms with E-state index in [4.69, 9.17) is 9.53 Å². The van der Waals surface area contributed by atoms with Gasteiger partial charge in [-0.05, 0) is 31.0 Å². The molecule has 0 bridgehead atoms. The molecule has 0 aromatic carbocycles. The van der Waals surface area contributed by atoms with E-state index in [0.717, 1.165) is 19.4 Å². The fourth-order valence-electron chi connectivity index (χ4n) is 0.966. The molecule has 0 spiro atoms. The van der Waals surface area contributed by atoms with Gasteiger partial charge in [0.25, 0.3) is 0 Å². The van der Waals surface area contributed by atoms with Crippen LogP contribution >= 0.6 is 0 Å². The largest absolute Gasteiger partial charge is 0.465 e. The van der Waals surface area contributed by atoms with Crippen molar-refractivity contribution in [3.8, 4) is 0 Å². The Kier molecular flexibility index (Phi) is 6.03. The second-order valence-corrected chi connectivity index (χ2v) is 10.4. The fourth-order valence-corrected chi connectivity index (χ4v) is 2.05. The summed E-state index contributed by atoms with van der Waals surface area (Å²) in [6.45, 7) is 12.3. The van der Waals surface area contributed by atoms with Gasteiger partial charge in [-0.1, -0.05) is 20.8 Å².